The number of rotatable bonds is 4. The van der Waals surface area contributed by atoms with Gasteiger partial charge < -0.3 is 0 Å². The van der Waals surface area contributed by atoms with Gasteiger partial charge in [0.2, 0.25) is 0 Å². The summed E-state index contributed by atoms with van der Waals surface area (Å²) in [6, 6.07) is 1.94. The molecule has 1 saturated carbocycles. The lowest BCUT2D eigenvalue weighted by molar-refractivity contribution is 0.559. The van der Waals surface area contributed by atoms with Crippen LogP contribution in [0, 0.1) is 12.8 Å². The van der Waals surface area contributed by atoms with Crippen LogP contribution in [-0.4, -0.2) is 39.7 Å². The molecule has 0 bridgehead atoms. The molecular weight excluding hydrogens is 312 g/mol. The fraction of sp³-hybridized carbons (Fsp3) is 0.562. The van der Waals surface area contributed by atoms with Gasteiger partial charge in [-0.2, -0.15) is 5.10 Å². The van der Waals surface area contributed by atoms with E-state index in [9.17, 15) is 8.42 Å². The molecule has 7 heteroatoms. The molecule has 0 spiro atoms. The van der Waals surface area contributed by atoms with Gasteiger partial charge in [0.1, 0.15) is 5.82 Å². The highest BCUT2D eigenvalue weighted by Crippen LogP contribution is 2.38. The first-order valence-electron chi connectivity index (χ1n) is 8.09. The normalized spacial score (nSPS) is 23.3. The summed E-state index contributed by atoms with van der Waals surface area (Å²) in [5.74, 6) is 2.98. The highest BCUT2D eigenvalue weighted by atomic mass is 32.2. The monoisotopic (exact) mass is 332 g/mol. The highest BCUT2D eigenvalue weighted by Gasteiger charge is 2.32. The Bertz CT molecular complexity index is 840. The van der Waals surface area contributed by atoms with Crippen LogP contribution in [0.3, 0.4) is 0 Å². The molecule has 23 heavy (non-hydrogen) atoms. The predicted octanol–water partition coefficient (Wildman–Crippen LogP) is 1.83. The van der Waals surface area contributed by atoms with Crippen molar-refractivity contribution in [2.45, 2.75) is 38.5 Å². The van der Waals surface area contributed by atoms with Crippen LogP contribution < -0.4 is 0 Å². The van der Waals surface area contributed by atoms with Crippen LogP contribution in [0.4, 0.5) is 0 Å². The maximum atomic E-state index is 11.7. The predicted molar refractivity (Wildman–Crippen MR) is 86.3 cm³/mol. The topological polar surface area (TPSA) is 77.7 Å². The molecule has 6 nitrogen and oxygen atoms in total. The van der Waals surface area contributed by atoms with Crippen molar-refractivity contribution in [1.82, 2.24) is 19.7 Å². The maximum absolute atomic E-state index is 11.7. The Balaban J connectivity index is 1.69. The van der Waals surface area contributed by atoms with Crippen molar-refractivity contribution in [2.24, 2.45) is 5.92 Å². The second-order valence-corrected chi connectivity index (χ2v) is 8.94. The van der Waals surface area contributed by atoms with Gasteiger partial charge in [-0.3, -0.25) is 4.98 Å². The zero-order valence-electron chi connectivity index (χ0n) is 13.1. The molecule has 1 atom stereocenters. The Kier molecular flexibility index (Phi) is 3.48. The van der Waals surface area contributed by atoms with Gasteiger partial charge in [0.05, 0.1) is 17.2 Å². The third-order valence-electron chi connectivity index (χ3n) is 4.65. The summed E-state index contributed by atoms with van der Waals surface area (Å²) in [7, 11) is -2.87. The van der Waals surface area contributed by atoms with Crippen LogP contribution in [0.15, 0.2) is 18.5 Å². The first kappa shape index (κ1) is 14.8. The summed E-state index contributed by atoms with van der Waals surface area (Å²) in [4.78, 5) is 8.87. The molecule has 0 radical (unpaired) electrons. The van der Waals surface area contributed by atoms with Gasteiger partial charge in [-0.25, -0.2) is 18.1 Å². The molecule has 1 unspecified atom stereocenters. The minimum Gasteiger partial charge on any atom is -0.264 e. The summed E-state index contributed by atoms with van der Waals surface area (Å²) >= 11 is 0. The number of hydrogen-bond donors (Lipinski definition) is 0. The zero-order valence-corrected chi connectivity index (χ0v) is 14.0. The van der Waals surface area contributed by atoms with Crippen LogP contribution in [0.5, 0.6) is 0 Å². The third-order valence-corrected chi connectivity index (χ3v) is 6.49. The van der Waals surface area contributed by atoms with Crippen molar-refractivity contribution in [3.05, 3.63) is 35.7 Å². The van der Waals surface area contributed by atoms with Gasteiger partial charge in [-0.05, 0) is 43.7 Å². The standard InChI is InChI=1S/C16H20N4O2S/c1-11-9-17-6-4-14(11)20-15(18-16(19-20)13-2-3-13)8-12-5-7-23(21,22)10-12/h4,6,9,12-13H,2-3,5,7-8,10H2,1H3. The minimum atomic E-state index is -2.87. The van der Waals surface area contributed by atoms with E-state index in [-0.39, 0.29) is 11.7 Å². The molecule has 0 N–H and O–H groups in total. The molecule has 3 heterocycles. The quantitative estimate of drug-likeness (QED) is 0.853. The Hall–Kier alpha value is -1.76. The lowest BCUT2D eigenvalue weighted by Gasteiger charge is -2.10. The minimum absolute atomic E-state index is 0.150. The van der Waals surface area contributed by atoms with Crippen LogP contribution in [0.25, 0.3) is 5.69 Å². The number of aryl methyl sites for hydroxylation is 1. The van der Waals surface area contributed by atoms with E-state index in [1.165, 1.54) is 0 Å². The fourth-order valence-electron chi connectivity index (χ4n) is 3.20. The summed E-state index contributed by atoms with van der Waals surface area (Å²) < 4.78 is 25.3. The van der Waals surface area contributed by atoms with Crippen molar-refractivity contribution in [3.8, 4) is 5.69 Å². The van der Waals surface area contributed by atoms with Gasteiger partial charge in [-0.15, -0.1) is 0 Å². The number of nitrogens with zero attached hydrogens (tertiary/aromatic N) is 4. The van der Waals surface area contributed by atoms with Crippen molar-refractivity contribution in [2.75, 3.05) is 11.5 Å². The molecule has 1 saturated heterocycles. The largest absolute Gasteiger partial charge is 0.264 e. The lowest BCUT2D eigenvalue weighted by atomic mass is 10.0. The van der Waals surface area contributed by atoms with E-state index in [2.05, 4.69) is 4.98 Å². The molecule has 1 aliphatic heterocycles. The number of hydrogen-bond acceptors (Lipinski definition) is 5. The van der Waals surface area contributed by atoms with Gasteiger partial charge in [0, 0.05) is 24.7 Å². The van der Waals surface area contributed by atoms with Crippen LogP contribution in [-0.2, 0) is 16.3 Å². The van der Waals surface area contributed by atoms with E-state index >= 15 is 0 Å². The number of aromatic nitrogens is 4. The SMILES string of the molecule is Cc1cnccc1-n1nc(C2CC2)nc1CC1CCS(=O)(=O)C1. The molecular formula is C16H20N4O2S. The smallest absolute Gasteiger partial charge is 0.154 e. The summed E-state index contributed by atoms with van der Waals surface area (Å²) in [5.41, 5.74) is 2.02. The summed E-state index contributed by atoms with van der Waals surface area (Å²) in [6.45, 7) is 2.00. The Morgan fingerprint density at radius 3 is 2.78 bits per heavy atom. The van der Waals surface area contributed by atoms with E-state index in [1.807, 2.05) is 23.9 Å². The zero-order chi connectivity index (χ0) is 16.0. The van der Waals surface area contributed by atoms with E-state index < -0.39 is 9.84 Å². The number of pyridine rings is 1. The van der Waals surface area contributed by atoms with Crippen molar-refractivity contribution < 1.29 is 8.42 Å². The Morgan fingerprint density at radius 2 is 2.13 bits per heavy atom. The molecule has 4 rings (SSSR count). The Morgan fingerprint density at radius 1 is 1.30 bits per heavy atom. The van der Waals surface area contributed by atoms with Crippen LogP contribution >= 0.6 is 0 Å². The average Bonchev–Trinajstić information content (AvgIpc) is 3.19. The molecule has 2 aliphatic rings. The summed E-state index contributed by atoms with van der Waals surface area (Å²) in [5, 5.41) is 4.71. The van der Waals surface area contributed by atoms with Crippen LogP contribution in [0.2, 0.25) is 0 Å². The van der Waals surface area contributed by atoms with Crippen molar-refractivity contribution in [3.63, 3.8) is 0 Å². The van der Waals surface area contributed by atoms with Gasteiger partial charge >= 0.3 is 0 Å². The Labute approximate surface area is 135 Å². The highest BCUT2D eigenvalue weighted by molar-refractivity contribution is 7.91. The summed E-state index contributed by atoms with van der Waals surface area (Å²) in [6.07, 6.45) is 7.26. The third kappa shape index (κ3) is 3.02. The van der Waals surface area contributed by atoms with Gasteiger partial charge in [0.15, 0.2) is 15.7 Å². The fourth-order valence-corrected chi connectivity index (χ4v) is 5.06. The first-order valence-corrected chi connectivity index (χ1v) is 9.91. The molecule has 2 fully saturated rings. The molecule has 2 aromatic rings. The lowest BCUT2D eigenvalue weighted by Crippen LogP contribution is -2.12. The van der Waals surface area contributed by atoms with E-state index in [0.717, 1.165) is 42.2 Å². The van der Waals surface area contributed by atoms with E-state index in [1.54, 1.807) is 6.20 Å². The van der Waals surface area contributed by atoms with Crippen LogP contribution in [0.1, 0.15) is 42.4 Å². The second-order valence-electron chi connectivity index (χ2n) is 6.71. The van der Waals surface area contributed by atoms with Crippen molar-refractivity contribution >= 4 is 9.84 Å². The molecule has 0 aromatic carbocycles. The molecule has 0 amide bonds. The molecule has 1 aliphatic carbocycles. The van der Waals surface area contributed by atoms with Crippen molar-refractivity contribution in [1.29, 1.82) is 0 Å². The van der Waals surface area contributed by atoms with Gasteiger partial charge in [0.25, 0.3) is 0 Å². The average molecular weight is 332 g/mol. The molecule has 122 valence electrons. The maximum Gasteiger partial charge on any atom is 0.154 e. The van der Waals surface area contributed by atoms with Gasteiger partial charge in [-0.1, -0.05) is 0 Å². The molecule has 2 aromatic heterocycles. The van der Waals surface area contributed by atoms with E-state index in [4.69, 9.17) is 10.1 Å². The second kappa shape index (κ2) is 5.40. The van der Waals surface area contributed by atoms with E-state index in [0.29, 0.717) is 18.1 Å². The number of sulfone groups is 1. The first-order chi connectivity index (χ1) is 11.0.